The second kappa shape index (κ2) is 5.67. The molecule has 0 aliphatic heterocycles. The number of hydrogen-bond donors (Lipinski definition) is 0. The molecule has 0 radical (unpaired) electrons. The van der Waals surface area contributed by atoms with Gasteiger partial charge in [-0.3, -0.25) is 0 Å². The minimum Gasteiger partial charge on any atom is -0.496 e. The summed E-state index contributed by atoms with van der Waals surface area (Å²) in [5, 5.41) is 2.14. The predicted molar refractivity (Wildman–Crippen MR) is 81.9 cm³/mol. The molecular formula is C18H14O3. The van der Waals surface area contributed by atoms with Gasteiger partial charge in [0.25, 0.3) is 0 Å². The third-order valence-corrected chi connectivity index (χ3v) is 3.26. The summed E-state index contributed by atoms with van der Waals surface area (Å²) in [4.78, 5) is 12.2. The number of rotatable bonds is 3. The zero-order valence-electron chi connectivity index (χ0n) is 11.6. The average Bonchev–Trinajstić information content (AvgIpc) is 2.54. The van der Waals surface area contributed by atoms with Crippen LogP contribution in [-0.2, 0) is 0 Å². The molecule has 0 saturated carbocycles. The van der Waals surface area contributed by atoms with Crippen molar-refractivity contribution < 1.29 is 14.3 Å². The van der Waals surface area contributed by atoms with Crippen molar-refractivity contribution in [2.75, 3.05) is 7.11 Å². The Hall–Kier alpha value is -2.81. The Morgan fingerprint density at radius 2 is 1.57 bits per heavy atom. The monoisotopic (exact) mass is 278 g/mol. The summed E-state index contributed by atoms with van der Waals surface area (Å²) in [5.41, 5.74) is 0.410. The topological polar surface area (TPSA) is 35.5 Å². The number of carbonyl (C=O) groups is 1. The number of para-hydroxylation sites is 1. The number of benzene rings is 3. The fourth-order valence-corrected chi connectivity index (χ4v) is 2.21. The van der Waals surface area contributed by atoms with Crippen molar-refractivity contribution in [1.29, 1.82) is 0 Å². The predicted octanol–water partition coefficient (Wildman–Crippen LogP) is 4.07. The fraction of sp³-hybridized carbons (Fsp3) is 0.0556. The molecule has 3 heteroatoms. The highest BCUT2D eigenvalue weighted by atomic mass is 16.5. The van der Waals surface area contributed by atoms with Crippen molar-refractivity contribution in [3.8, 4) is 11.5 Å². The molecule has 0 aliphatic carbocycles. The Bertz CT molecular complexity index is 793. The molecular weight excluding hydrogens is 264 g/mol. The summed E-state index contributed by atoms with van der Waals surface area (Å²) < 4.78 is 10.6. The van der Waals surface area contributed by atoms with Gasteiger partial charge in [0.15, 0.2) is 0 Å². The van der Waals surface area contributed by atoms with Crippen LogP contribution in [0.25, 0.3) is 10.8 Å². The molecule has 0 amide bonds. The van der Waals surface area contributed by atoms with Crippen LogP contribution >= 0.6 is 0 Å². The van der Waals surface area contributed by atoms with E-state index in [1.54, 1.807) is 24.3 Å². The van der Waals surface area contributed by atoms with Crippen LogP contribution in [0.3, 0.4) is 0 Å². The second-order valence-electron chi connectivity index (χ2n) is 4.60. The lowest BCUT2D eigenvalue weighted by Crippen LogP contribution is -2.09. The van der Waals surface area contributed by atoms with Crippen LogP contribution in [0.4, 0.5) is 0 Å². The smallest absolute Gasteiger partial charge is 0.347 e. The number of esters is 1. The van der Waals surface area contributed by atoms with E-state index in [9.17, 15) is 4.79 Å². The molecule has 3 nitrogen and oxygen atoms in total. The zero-order chi connectivity index (χ0) is 14.7. The molecule has 0 fully saturated rings. The summed E-state index contributed by atoms with van der Waals surface area (Å²) in [6.07, 6.45) is 0. The first-order chi connectivity index (χ1) is 10.3. The molecule has 21 heavy (non-hydrogen) atoms. The molecule has 0 N–H and O–H groups in total. The van der Waals surface area contributed by atoms with Gasteiger partial charge in [0, 0.05) is 0 Å². The number of hydrogen-bond acceptors (Lipinski definition) is 3. The second-order valence-corrected chi connectivity index (χ2v) is 4.60. The van der Waals surface area contributed by atoms with Gasteiger partial charge in [0.2, 0.25) is 0 Å². The van der Waals surface area contributed by atoms with E-state index in [-0.39, 0.29) is 0 Å². The van der Waals surface area contributed by atoms with Crippen molar-refractivity contribution in [2.24, 2.45) is 0 Å². The molecule has 0 aliphatic rings. The van der Waals surface area contributed by atoms with E-state index < -0.39 is 5.97 Å². The SMILES string of the molecule is COc1ccccc1C(=O)Oc1ccc2ccccc2c1. The van der Waals surface area contributed by atoms with E-state index in [0.717, 1.165) is 10.8 Å². The van der Waals surface area contributed by atoms with Crippen LogP contribution in [0.5, 0.6) is 11.5 Å². The maximum absolute atomic E-state index is 12.2. The highest BCUT2D eigenvalue weighted by Crippen LogP contribution is 2.23. The normalized spacial score (nSPS) is 10.3. The van der Waals surface area contributed by atoms with E-state index in [0.29, 0.717) is 17.1 Å². The Morgan fingerprint density at radius 1 is 0.857 bits per heavy atom. The molecule has 0 unspecified atom stereocenters. The van der Waals surface area contributed by atoms with Gasteiger partial charge in [-0.25, -0.2) is 4.79 Å². The number of carbonyl (C=O) groups excluding carboxylic acids is 1. The van der Waals surface area contributed by atoms with Crippen LogP contribution in [0, 0.1) is 0 Å². The third kappa shape index (κ3) is 2.72. The van der Waals surface area contributed by atoms with Crippen LogP contribution in [0.1, 0.15) is 10.4 Å². The van der Waals surface area contributed by atoms with Crippen LogP contribution in [-0.4, -0.2) is 13.1 Å². The maximum Gasteiger partial charge on any atom is 0.347 e. The molecule has 3 rings (SSSR count). The van der Waals surface area contributed by atoms with Crippen LogP contribution < -0.4 is 9.47 Å². The van der Waals surface area contributed by atoms with Crippen LogP contribution in [0.15, 0.2) is 66.7 Å². The lowest BCUT2D eigenvalue weighted by atomic mass is 10.1. The quantitative estimate of drug-likeness (QED) is 0.535. The lowest BCUT2D eigenvalue weighted by Gasteiger charge is -2.08. The highest BCUT2D eigenvalue weighted by molar-refractivity contribution is 5.94. The first-order valence-corrected chi connectivity index (χ1v) is 6.62. The molecule has 0 aromatic heterocycles. The number of methoxy groups -OCH3 is 1. The number of fused-ring (bicyclic) bond motifs is 1. The van der Waals surface area contributed by atoms with Gasteiger partial charge in [-0.05, 0) is 35.0 Å². The van der Waals surface area contributed by atoms with E-state index in [1.807, 2.05) is 42.5 Å². The third-order valence-electron chi connectivity index (χ3n) is 3.26. The molecule has 3 aromatic carbocycles. The molecule has 0 heterocycles. The Labute approximate surface area is 122 Å². The van der Waals surface area contributed by atoms with Crippen molar-refractivity contribution in [3.05, 3.63) is 72.3 Å². The number of ether oxygens (including phenoxy) is 2. The van der Waals surface area contributed by atoms with Crippen molar-refractivity contribution in [2.45, 2.75) is 0 Å². The van der Waals surface area contributed by atoms with E-state index in [4.69, 9.17) is 9.47 Å². The van der Waals surface area contributed by atoms with Crippen molar-refractivity contribution in [1.82, 2.24) is 0 Å². The molecule has 0 spiro atoms. The van der Waals surface area contributed by atoms with Crippen molar-refractivity contribution >= 4 is 16.7 Å². The Kier molecular flexibility index (Phi) is 3.56. The molecule has 0 saturated heterocycles. The van der Waals surface area contributed by atoms with Gasteiger partial charge in [-0.2, -0.15) is 0 Å². The van der Waals surface area contributed by atoms with Gasteiger partial charge >= 0.3 is 5.97 Å². The summed E-state index contributed by atoms with van der Waals surface area (Å²) in [6.45, 7) is 0. The molecule has 0 atom stereocenters. The lowest BCUT2D eigenvalue weighted by molar-refractivity contribution is 0.0731. The first kappa shape index (κ1) is 13.2. The van der Waals surface area contributed by atoms with Crippen LogP contribution in [0.2, 0.25) is 0 Å². The standard InChI is InChI=1S/C18H14O3/c1-20-17-9-5-4-8-16(17)18(19)21-15-11-10-13-6-2-3-7-14(13)12-15/h2-12H,1H3. The summed E-state index contributed by atoms with van der Waals surface area (Å²) in [5.74, 6) is 0.593. The largest absolute Gasteiger partial charge is 0.496 e. The zero-order valence-corrected chi connectivity index (χ0v) is 11.6. The van der Waals surface area contributed by atoms with Gasteiger partial charge < -0.3 is 9.47 Å². The summed E-state index contributed by atoms with van der Waals surface area (Å²) >= 11 is 0. The van der Waals surface area contributed by atoms with Gasteiger partial charge in [-0.15, -0.1) is 0 Å². The van der Waals surface area contributed by atoms with Gasteiger partial charge in [-0.1, -0.05) is 42.5 Å². The van der Waals surface area contributed by atoms with E-state index in [2.05, 4.69) is 0 Å². The minimum absolute atomic E-state index is 0.410. The Morgan fingerprint density at radius 3 is 2.38 bits per heavy atom. The summed E-state index contributed by atoms with van der Waals surface area (Å²) in [7, 11) is 1.53. The maximum atomic E-state index is 12.2. The van der Waals surface area contributed by atoms with Gasteiger partial charge in [0.05, 0.1) is 7.11 Å². The van der Waals surface area contributed by atoms with Crippen molar-refractivity contribution in [3.63, 3.8) is 0 Å². The molecule has 0 bridgehead atoms. The van der Waals surface area contributed by atoms with E-state index >= 15 is 0 Å². The highest BCUT2D eigenvalue weighted by Gasteiger charge is 2.13. The fourth-order valence-electron chi connectivity index (χ4n) is 2.21. The minimum atomic E-state index is -0.428. The van der Waals surface area contributed by atoms with E-state index in [1.165, 1.54) is 7.11 Å². The average molecular weight is 278 g/mol. The summed E-state index contributed by atoms with van der Waals surface area (Å²) in [6, 6.07) is 20.5. The Balaban J connectivity index is 1.89. The molecule has 104 valence electrons. The van der Waals surface area contributed by atoms with Gasteiger partial charge in [0.1, 0.15) is 17.1 Å². The first-order valence-electron chi connectivity index (χ1n) is 6.62. The molecule has 3 aromatic rings.